The quantitative estimate of drug-likeness (QED) is 0.172. The van der Waals surface area contributed by atoms with E-state index in [1.807, 2.05) is 58.0 Å². The molecule has 0 atom stereocenters. The van der Waals surface area contributed by atoms with Crippen molar-refractivity contribution >= 4 is 34.9 Å². The molecule has 1 aliphatic rings. The Morgan fingerprint density at radius 3 is 2.34 bits per heavy atom. The SMILES string of the molecule is C=C(Nc1ccc(F)cc1)c1ccc(C)c(-c2nc(N(C)CCCN(C)CC)nc3c2CNC(=O)N3c2c(F)cccc2F)c1.CC. The van der Waals surface area contributed by atoms with Gasteiger partial charge in [-0.1, -0.05) is 45.5 Å². The number of aromatic nitrogens is 2. The number of carbonyl (C=O) groups is 1. The minimum absolute atomic E-state index is 0.0554. The second-order valence-corrected chi connectivity index (χ2v) is 11.0. The molecule has 0 fully saturated rings. The van der Waals surface area contributed by atoms with Crippen molar-refractivity contribution in [2.75, 3.05) is 48.8 Å². The first kappa shape index (κ1) is 35.0. The Morgan fingerprint density at radius 1 is 1.00 bits per heavy atom. The number of hydrogen-bond acceptors (Lipinski definition) is 6. The average molecular weight is 646 g/mol. The summed E-state index contributed by atoms with van der Waals surface area (Å²) in [6.45, 7) is 14.6. The Kier molecular flexibility index (Phi) is 11.6. The molecule has 1 aliphatic heterocycles. The fraction of sp³-hybridized carbons (Fsp3) is 0.306. The number of nitrogens with zero attached hydrogens (tertiary/aromatic N) is 5. The average Bonchev–Trinajstić information content (AvgIpc) is 3.07. The summed E-state index contributed by atoms with van der Waals surface area (Å²) in [4.78, 5) is 28.0. The van der Waals surface area contributed by atoms with Crippen LogP contribution in [0.5, 0.6) is 0 Å². The van der Waals surface area contributed by atoms with E-state index in [-0.39, 0.29) is 18.2 Å². The van der Waals surface area contributed by atoms with Crippen LogP contribution in [0, 0.1) is 24.4 Å². The summed E-state index contributed by atoms with van der Waals surface area (Å²) in [7, 11) is 3.90. The number of urea groups is 1. The highest BCUT2D eigenvalue weighted by atomic mass is 19.1. The molecule has 3 aromatic carbocycles. The summed E-state index contributed by atoms with van der Waals surface area (Å²) in [5, 5.41) is 5.95. The predicted molar refractivity (Wildman–Crippen MR) is 184 cm³/mol. The number of carbonyl (C=O) groups excluding carboxylic acids is 1. The van der Waals surface area contributed by atoms with Crippen LogP contribution in [0.15, 0.2) is 67.2 Å². The van der Waals surface area contributed by atoms with Crippen molar-refractivity contribution in [2.24, 2.45) is 0 Å². The van der Waals surface area contributed by atoms with Crippen LogP contribution in [0.1, 0.15) is 43.9 Å². The van der Waals surface area contributed by atoms with E-state index in [1.165, 1.54) is 18.2 Å². The molecule has 2 N–H and O–H groups in total. The van der Waals surface area contributed by atoms with Crippen molar-refractivity contribution in [1.29, 1.82) is 0 Å². The van der Waals surface area contributed by atoms with Gasteiger partial charge in [0, 0.05) is 36.1 Å². The van der Waals surface area contributed by atoms with Gasteiger partial charge in [0.05, 0.1) is 12.2 Å². The Labute approximate surface area is 274 Å². The molecule has 0 unspecified atom stereocenters. The van der Waals surface area contributed by atoms with Crippen molar-refractivity contribution in [3.05, 3.63) is 101 Å². The molecular weight excluding hydrogens is 603 g/mol. The van der Waals surface area contributed by atoms with E-state index in [9.17, 15) is 9.18 Å². The molecule has 0 radical (unpaired) electrons. The second-order valence-electron chi connectivity index (χ2n) is 11.0. The fourth-order valence-electron chi connectivity index (χ4n) is 5.13. The van der Waals surface area contributed by atoms with Gasteiger partial charge in [0.1, 0.15) is 23.1 Å². The normalized spacial score (nSPS) is 12.2. The Bertz CT molecular complexity index is 1710. The number of halogens is 3. The number of hydrogen-bond donors (Lipinski definition) is 2. The smallest absolute Gasteiger partial charge is 0.328 e. The summed E-state index contributed by atoms with van der Waals surface area (Å²) in [5.74, 6) is -1.71. The lowest BCUT2D eigenvalue weighted by Gasteiger charge is -2.32. The van der Waals surface area contributed by atoms with Crippen LogP contribution in [-0.4, -0.2) is 54.6 Å². The van der Waals surface area contributed by atoms with E-state index in [4.69, 9.17) is 9.97 Å². The number of nitrogens with one attached hydrogen (secondary N) is 2. The lowest BCUT2D eigenvalue weighted by Crippen LogP contribution is -2.43. The molecule has 2 heterocycles. The third kappa shape index (κ3) is 7.91. The third-order valence-electron chi connectivity index (χ3n) is 7.86. The molecule has 0 bridgehead atoms. The molecule has 0 saturated carbocycles. The molecule has 4 aromatic rings. The van der Waals surface area contributed by atoms with Gasteiger partial charge in [0.25, 0.3) is 0 Å². The fourth-order valence-corrected chi connectivity index (χ4v) is 5.13. The molecule has 8 nitrogen and oxygen atoms in total. The van der Waals surface area contributed by atoms with Crippen LogP contribution in [0.3, 0.4) is 0 Å². The number of fused-ring (bicyclic) bond motifs is 1. The molecule has 248 valence electrons. The van der Waals surface area contributed by atoms with E-state index in [2.05, 4.69) is 29.0 Å². The van der Waals surface area contributed by atoms with E-state index in [0.29, 0.717) is 35.1 Å². The van der Waals surface area contributed by atoms with Crippen LogP contribution >= 0.6 is 0 Å². The zero-order chi connectivity index (χ0) is 34.2. The molecule has 0 spiro atoms. The lowest BCUT2D eigenvalue weighted by molar-refractivity contribution is 0.246. The highest BCUT2D eigenvalue weighted by Crippen LogP contribution is 2.40. The van der Waals surface area contributed by atoms with Crippen LogP contribution < -0.4 is 20.4 Å². The van der Waals surface area contributed by atoms with Gasteiger partial charge in [-0.3, -0.25) is 0 Å². The zero-order valence-corrected chi connectivity index (χ0v) is 27.8. The number of anilines is 4. The summed E-state index contributed by atoms with van der Waals surface area (Å²) >= 11 is 0. The Balaban J connectivity index is 0.00000245. The molecule has 0 aliphatic carbocycles. The Morgan fingerprint density at radius 2 is 1.68 bits per heavy atom. The van der Waals surface area contributed by atoms with Crippen LogP contribution in [-0.2, 0) is 6.54 Å². The molecule has 5 rings (SSSR count). The monoisotopic (exact) mass is 645 g/mol. The van der Waals surface area contributed by atoms with Gasteiger partial charge in [0.2, 0.25) is 5.95 Å². The van der Waals surface area contributed by atoms with Gasteiger partial charge in [-0.15, -0.1) is 0 Å². The zero-order valence-electron chi connectivity index (χ0n) is 27.8. The summed E-state index contributed by atoms with van der Waals surface area (Å²) < 4.78 is 43.7. The first-order valence-electron chi connectivity index (χ1n) is 15.7. The van der Waals surface area contributed by atoms with Crippen LogP contribution in [0.2, 0.25) is 0 Å². The third-order valence-corrected chi connectivity index (χ3v) is 7.86. The maximum atomic E-state index is 15.1. The largest absolute Gasteiger partial charge is 0.356 e. The van der Waals surface area contributed by atoms with Crippen molar-refractivity contribution in [2.45, 2.75) is 40.7 Å². The van der Waals surface area contributed by atoms with Gasteiger partial charge in [-0.05, 0) is 87.1 Å². The van der Waals surface area contributed by atoms with Crippen molar-refractivity contribution < 1.29 is 18.0 Å². The van der Waals surface area contributed by atoms with Gasteiger partial charge in [-0.2, -0.15) is 4.98 Å². The maximum Gasteiger partial charge on any atom is 0.328 e. The topological polar surface area (TPSA) is 76.6 Å². The molecule has 2 amide bonds. The van der Waals surface area contributed by atoms with Crippen molar-refractivity contribution in [3.63, 3.8) is 0 Å². The number of aryl methyl sites for hydroxylation is 1. The molecule has 0 saturated heterocycles. The summed E-state index contributed by atoms with van der Waals surface area (Å²) in [6.07, 6.45) is 0.826. The molecule has 47 heavy (non-hydrogen) atoms. The summed E-state index contributed by atoms with van der Waals surface area (Å²) in [5.41, 5.74) is 4.13. The number of para-hydroxylation sites is 1. The lowest BCUT2D eigenvalue weighted by atomic mass is 9.97. The van der Waals surface area contributed by atoms with Gasteiger partial charge >= 0.3 is 6.03 Å². The van der Waals surface area contributed by atoms with Gasteiger partial charge in [-0.25, -0.2) is 27.8 Å². The summed E-state index contributed by atoms with van der Waals surface area (Å²) in [6, 6.07) is 14.5. The van der Waals surface area contributed by atoms with Gasteiger partial charge in [0.15, 0.2) is 5.82 Å². The minimum atomic E-state index is -0.892. The first-order valence-corrected chi connectivity index (χ1v) is 15.7. The highest BCUT2D eigenvalue weighted by molar-refractivity contribution is 6.02. The maximum absolute atomic E-state index is 15.1. The van der Waals surface area contributed by atoms with E-state index in [1.54, 1.807) is 12.1 Å². The van der Waals surface area contributed by atoms with Crippen LogP contribution in [0.4, 0.5) is 41.1 Å². The molecule has 1 aromatic heterocycles. The number of benzene rings is 3. The van der Waals surface area contributed by atoms with E-state index in [0.717, 1.165) is 53.2 Å². The second kappa shape index (κ2) is 15.6. The standard InChI is InChI=1S/C34H36F3N7O.C2H6/c1-6-42(4)17-8-18-43(5)33-40-30(26-19-23(12-11-21(26)2)22(3)39-25-15-13-24(35)14-16-25)27-20-38-34(45)44(32(27)41-33)31-28(36)9-7-10-29(31)37;1-2/h7,9-16,19,39H,3,6,8,17-18,20H2,1-2,4-5H3,(H,38,45);1-2H3. The Hall–Kier alpha value is -4.90. The van der Waals surface area contributed by atoms with Crippen molar-refractivity contribution in [1.82, 2.24) is 20.2 Å². The first-order chi connectivity index (χ1) is 22.6. The number of amides is 2. The van der Waals surface area contributed by atoms with E-state index >= 15 is 8.78 Å². The highest BCUT2D eigenvalue weighted by Gasteiger charge is 2.34. The molecular formula is C36H42F3N7O. The minimum Gasteiger partial charge on any atom is -0.356 e. The predicted octanol–water partition coefficient (Wildman–Crippen LogP) is 8.12. The molecule has 11 heteroatoms. The van der Waals surface area contributed by atoms with Crippen molar-refractivity contribution in [3.8, 4) is 11.3 Å². The van der Waals surface area contributed by atoms with Crippen LogP contribution in [0.25, 0.3) is 17.0 Å². The number of rotatable bonds is 11. The van der Waals surface area contributed by atoms with E-state index < -0.39 is 23.4 Å². The van der Waals surface area contributed by atoms with Gasteiger partial charge < -0.3 is 20.4 Å².